The van der Waals surface area contributed by atoms with Crippen LogP contribution in [0.25, 0.3) is 5.69 Å². The van der Waals surface area contributed by atoms with E-state index in [-0.39, 0.29) is 11.6 Å². The first-order valence-electron chi connectivity index (χ1n) is 7.21. The number of carbonyl (C=O) groups excluding carboxylic acids is 1. The lowest BCUT2D eigenvalue weighted by atomic mass is 10.2. The zero-order chi connectivity index (χ0) is 17.3. The highest BCUT2D eigenvalue weighted by atomic mass is 19.1. The summed E-state index contributed by atoms with van der Waals surface area (Å²) in [7, 11) is 0. The Morgan fingerprint density at radius 1 is 1.04 bits per heavy atom. The van der Waals surface area contributed by atoms with Gasteiger partial charge in [0, 0.05) is 5.69 Å². The molecule has 0 unspecified atom stereocenters. The van der Waals surface area contributed by atoms with Crippen molar-refractivity contribution < 1.29 is 13.6 Å². The van der Waals surface area contributed by atoms with Gasteiger partial charge >= 0.3 is 0 Å². The van der Waals surface area contributed by atoms with Gasteiger partial charge in [-0.05, 0) is 55.8 Å². The van der Waals surface area contributed by atoms with E-state index in [4.69, 9.17) is 0 Å². The van der Waals surface area contributed by atoms with Crippen LogP contribution in [0.2, 0.25) is 0 Å². The molecule has 0 aliphatic carbocycles. The Morgan fingerprint density at radius 3 is 2.42 bits per heavy atom. The number of nitrogens with one attached hydrogen (secondary N) is 1. The third kappa shape index (κ3) is 3.15. The Hall–Kier alpha value is -3.09. The average Bonchev–Trinajstić information content (AvgIpc) is 2.94. The van der Waals surface area contributed by atoms with E-state index in [1.54, 1.807) is 19.9 Å². The number of amides is 1. The van der Waals surface area contributed by atoms with E-state index in [9.17, 15) is 13.6 Å². The third-order valence-corrected chi connectivity index (χ3v) is 3.49. The fourth-order valence-corrected chi connectivity index (χ4v) is 2.22. The summed E-state index contributed by atoms with van der Waals surface area (Å²) < 4.78 is 27.8. The number of nitrogens with zero attached hydrogens (tertiary/aromatic N) is 3. The number of aromatic nitrogens is 3. The van der Waals surface area contributed by atoms with Gasteiger partial charge in [-0.15, -0.1) is 5.10 Å². The Morgan fingerprint density at radius 2 is 1.71 bits per heavy atom. The second kappa shape index (κ2) is 6.19. The molecule has 0 bridgehead atoms. The smallest absolute Gasteiger partial charge is 0.295 e. The summed E-state index contributed by atoms with van der Waals surface area (Å²) >= 11 is 0. The van der Waals surface area contributed by atoms with Crippen molar-refractivity contribution in [3.8, 4) is 5.69 Å². The second-order valence-electron chi connectivity index (χ2n) is 5.28. The number of hydrogen-bond donors (Lipinski definition) is 1. The maximum atomic E-state index is 13.3. The van der Waals surface area contributed by atoms with Crippen molar-refractivity contribution in [2.45, 2.75) is 13.8 Å². The molecule has 0 atom stereocenters. The van der Waals surface area contributed by atoms with Gasteiger partial charge in [0.25, 0.3) is 5.91 Å². The average molecular weight is 328 g/mol. The van der Waals surface area contributed by atoms with Crippen molar-refractivity contribution in [1.29, 1.82) is 0 Å². The predicted octanol–water partition coefficient (Wildman–Crippen LogP) is 3.41. The summed E-state index contributed by atoms with van der Waals surface area (Å²) in [5.41, 5.74) is 1.66. The van der Waals surface area contributed by atoms with Gasteiger partial charge in [-0.3, -0.25) is 4.79 Å². The maximum Gasteiger partial charge on any atom is 0.295 e. The first kappa shape index (κ1) is 15.8. The molecular formula is C17H14F2N4O. The summed E-state index contributed by atoms with van der Waals surface area (Å²) in [5, 5.41) is 6.73. The lowest BCUT2D eigenvalue weighted by Gasteiger charge is -2.06. The minimum Gasteiger partial charge on any atom is -0.319 e. The van der Waals surface area contributed by atoms with Crippen LogP contribution in [-0.2, 0) is 0 Å². The van der Waals surface area contributed by atoms with Crippen LogP contribution < -0.4 is 5.32 Å². The largest absolute Gasteiger partial charge is 0.319 e. The third-order valence-electron chi connectivity index (χ3n) is 3.49. The molecule has 0 saturated carbocycles. The molecule has 1 N–H and O–H groups in total. The number of hydrogen-bond acceptors (Lipinski definition) is 3. The van der Waals surface area contributed by atoms with Crippen molar-refractivity contribution >= 4 is 11.6 Å². The quantitative estimate of drug-likeness (QED) is 0.801. The fraction of sp³-hybridized carbons (Fsp3) is 0.118. The van der Waals surface area contributed by atoms with E-state index >= 15 is 0 Å². The van der Waals surface area contributed by atoms with Gasteiger partial charge in [-0.1, -0.05) is 6.07 Å². The van der Waals surface area contributed by atoms with Gasteiger partial charge in [0.05, 0.1) is 5.69 Å². The lowest BCUT2D eigenvalue weighted by molar-refractivity contribution is 0.101. The zero-order valence-electron chi connectivity index (χ0n) is 13.0. The standard InChI is InChI=1S/C17H14F2N4O/c1-10-3-4-13(19)9-15(10)21-17(24)16-20-11(2)23(22-16)14-7-5-12(18)6-8-14/h3-9H,1-2H3,(H,21,24). The molecule has 3 aromatic rings. The molecule has 0 spiro atoms. The molecule has 0 aliphatic rings. The van der Waals surface area contributed by atoms with E-state index in [2.05, 4.69) is 15.4 Å². The lowest BCUT2D eigenvalue weighted by Crippen LogP contribution is -2.15. The molecule has 0 radical (unpaired) electrons. The molecule has 0 aliphatic heterocycles. The fourth-order valence-electron chi connectivity index (χ4n) is 2.22. The maximum absolute atomic E-state index is 13.3. The number of benzene rings is 2. The summed E-state index contributed by atoms with van der Waals surface area (Å²) in [4.78, 5) is 16.4. The van der Waals surface area contributed by atoms with Crippen LogP contribution in [0, 0.1) is 25.5 Å². The first-order valence-corrected chi connectivity index (χ1v) is 7.21. The molecule has 3 rings (SSSR count). The summed E-state index contributed by atoms with van der Waals surface area (Å²) in [6, 6.07) is 9.79. The van der Waals surface area contributed by atoms with Crippen LogP contribution >= 0.6 is 0 Å². The van der Waals surface area contributed by atoms with Gasteiger partial charge in [-0.25, -0.2) is 18.4 Å². The zero-order valence-corrected chi connectivity index (χ0v) is 13.0. The SMILES string of the molecule is Cc1ccc(F)cc1NC(=O)c1nc(C)n(-c2ccc(F)cc2)n1. The predicted molar refractivity (Wildman–Crippen MR) is 85.1 cm³/mol. The molecule has 122 valence electrons. The molecular weight excluding hydrogens is 314 g/mol. The van der Waals surface area contributed by atoms with Crippen molar-refractivity contribution in [2.75, 3.05) is 5.32 Å². The summed E-state index contributed by atoms with van der Waals surface area (Å²) in [6.07, 6.45) is 0. The second-order valence-corrected chi connectivity index (χ2v) is 5.28. The molecule has 2 aromatic carbocycles. The number of aryl methyl sites for hydroxylation is 2. The van der Waals surface area contributed by atoms with Crippen LogP contribution in [0.3, 0.4) is 0 Å². The van der Waals surface area contributed by atoms with Crippen LogP contribution in [0.15, 0.2) is 42.5 Å². The van der Waals surface area contributed by atoms with Crippen molar-refractivity contribution in [1.82, 2.24) is 14.8 Å². The highest BCUT2D eigenvalue weighted by Gasteiger charge is 2.16. The van der Waals surface area contributed by atoms with Crippen molar-refractivity contribution in [3.05, 3.63) is 71.3 Å². The Balaban J connectivity index is 1.87. The Bertz CT molecular complexity index is 903. The number of rotatable bonds is 3. The number of carbonyl (C=O) groups is 1. The molecule has 1 heterocycles. The van der Waals surface area contributed by atoms with Gasteiger partial charge in [0.1, 0.15) is 17.5 Å². The topological polar surface area (TPSA) is 59.8 Å². The first-order chi connectivity index (χ1) is 11.4. The molecule has 24 heavy (non-hydrogen) atoms. The molecule has 1 amide bonds. The number of anilines is 1. The van der Waals surface area contributed by atoms with Gasteiger partial charge in [0.2, 0.25) is 5.82 Å². The number of halogens is 2. The van der Waals surface area contributed by atoms with Gasteiger partial charge in [0.15, 0.2) is 0 Å². The van der Waals surface area contributed by atoms with Crippen LogP contribution in [-0.4, -0.2) is 20.7 Å². The normalized spacial score (nSPS) is 10.7. The van der Waals surface area contributed by atoms with E-state index in [1.165, 1.54) is 41.1 Å². The van der Waals surface area contributed by atoms with Crippen LogP contribution in [0.4, 0.5) is 14.5 Å². The monoisotopic (exact) mass is 328 g/mol. The highest BCUT2D eigenvalue weighted by Crippen LogP contribution is 2.17. The molecule has 7 heteroatoms. The van der Waals surface area contributed by atoms with Crippen LogP contribution in [0.5, 0.6) is 0 Å². The van der Waals surface area contributed by atoms with E-state index in [0.717, 1.165) is 5.56 Å². The molecule has 5 nitrogen and oxygen atoms in total. The summed E-state index contributed by atoms with van der Waals surface area (Å²) in [5.74, 6) is -0.941. The van der Waals surface area contributed by atoms with Gasteiger partial charge in [-0.2, -0.15) is 0 Å². The summed E-state index contributed by atoms with van der Waals surface area (Å²) in [6.45, 7) is 3.44. The minimum atomic E-state index is -0.548. The van der Waals surface area contributed by atoms with E-state index in [0.29, 0.717) is 17.2 Å². The molecule has 1 aromatic heterocycles. The Kier molecular flexibility index (Phi) is 4.07. The van der Waals surface area contributed by atoms with Crippen molar-refractivity contribution in [2.24, 2.45) is 0 Å². The van der Waals surface area contributed by atoms with Crippen molar-refractivity contribution in [3.63, 3.8) is 0 Å². The van der Waals surface area contributed by atoms with Gasteiger partial charge < -0.3 is 5.32 Å². The van der Waals surface area contributed by atoms with E-state index < -0.39 is 11.7 Å². The highest BCUT2D eigenvalue weighted by molar-refractivity contribution is 6.01. The van der Waals surface area contributed by atoms with Crippen LogP contribution in [0.1, 0.15) is 22.0 Å². The van der Waals surface area contributed by atoms with E-state index in [1.807, 2.05) is 0 Å². The molecule has 0 fully saturated rings. The molecule has 0 saturated heterocycles. The minimum absolute atomic E-state index is 0.0551. The Labute approximate surface area is 137 Å².